The van der Waals surface area contributed by atoms with E-state index in [1.54, 1.807) is 18.2 Å². The average molecular weight is 379 g/mol. The van der Waals surface area contributed by atoms with Crippen LogP contribution in [0.15, 0.2) is 23.1 Å². The summed E-state index contributed by atoms with van der Waals surface area (Å²) in [6.45, 7) is -0.483. The van der Waals surface area contributed by atoms with Crippen molar-refractivity contribution in [3.05, 3.63) is 28.2 Å². The van der Waals surface area contributed by atoms with E-state index in [4.69, 9.17) is 39.1 Å². The normalized spacial score (nSPS) is 30.9. The quantitative estimate of drug-likeness (QED) is 0.674. The number of benzene rings is 1. The van der Waals surface area contributed by atoms with Gasteiger partial charge in [0.25, 0.3) is 0 Å². The molecule has 0 aliphatic carbocycles. The van der Waals surface area contributed by atoms with E-state index in [0.29, 0.717) is 14.9 Å². The van der Waals surface area contributed by atoms with Crippen LogP contribution in [-0.4, -0.2) is 58.4 Å². The SMILES string of the molecule is C#CCO[C@@H]1C(O)[C@@H](Sc2ccc(Cl)c(Cl)c2)OC(CO)[C@@H]1O. The summed E-state index contributed by atoms with van der Waals surface area (Å²) < 4.78 is 10.9. The molecule has 1 saturated heterocycles. The van der Waals surface area contributed by atoms with Crippen LogP contribution in [0.4, 0.5) is 0 Å². The van der Waals surface area contributed by atoms with Crippen molar-refractivity contribution in [3.63, 3.8) is 0 Å². The summed E-state index contributed by atoms with van der Waals surface area (Å²) in [5.74, 6) is 2.28. The zero-order valence-corrected chi connectivity index (χ0v) is 14.3. The zero-order chi connectivity index (χ0) is 17.0. The molecule has 0 spiro atoms. The second-order valence-corrected chi connectivity index (χ2v) is 6.87. The monoisotopic (exact) mass is 378 g/mol. The van der Waals surface area contributed by atoms with E-state index < -0.39 is 36.5 Å². The minimum atomic E-state index is -1.19. The highest BCUT2D eigenvalue weighted by atomic mass is 35.5. The van der Waals surface area contributed by atoms with Gasteiger partial charge in [0.2, 0.25) is 0 Å². The van der Waals surface area contributed by atoms with Crippen molar-refractivity contribution in [1.82, 2.24) is 0 Å². The second-order valence-electron chi connectivity index (χ2n) is 4.88. The smallest absolute Gasteiger partial charge is 0.136 e. The highest BCUT2D eigenvalue weighted by Crippen LogP contribution is 2.36. The van der Waals surface area contributed by atoms with Gasteiger partial charge in [0, 0.05) is 4.90 Å². The third-order valence-electron chi connectivity index (χ3n) is 3.32. The molecule has 0 amide bonds. The molecular formula is C15H16Cl2O5S. The number of rotatable bonds is 5. The Bertz CT molecular complexity index is 579. The van der Waals surface area contributed by atoms with Crippen molar-refractivity contribution >= 4 is 35.0 Å². The molecule has 5 atom stereocenters. The molecule has 0 aromatic heterocycles. The topological polar surface area (TPSA) is 79.2 Å². The molecule has 126 valence electrons. The fraction of sp³-hybridized carbons (Fsp3) is 0.467. The summed E-state index contributed by atoms with van der Waals surface area (Å²) in [5, 5.41) is 30.6. The molecular weight excluding hydrogens is 363 g/mol. The summed E-state index contributed by atoms with van der Waals surface area (Å²) in [6.07, 6.45) is 0.969. The Morgan fingerprint density at radius 1 is 1.26 bits per heavy atom. The molecule has 1 heterocycles. The van der Waals surface area contributed by atoms with Gasteiger partial charge in [0.15, 0.2) is 0 Å². The molecule has 0 radical (unpaired) electrons. The summed E-state index contributed by atoms with van der Waals surface area (Å²) in [7, 11) is 0. The molecule has 2 rings (SSSR count). The lowest BCUT2D eigenvalue weighted by atomic mass is 10.00. The van der Waals surface area contributed by atoms with Crippen molar-refractivity contribution in [2.45, 2.75) is 34.7 Å². The summed E-state index contributed by atoms with van der Waals surface area (Å²) in [5.41, 5.74) is -0.768. The fourth-order valence-corrected chi connectivity index (χ4v) is 3.63. The van der Waals surface area contributed by atoms with Gasteiger partial charge in [-0.3, -0.25) is 0 Å². The van der Waals surface area contributed by atoms with Gasteiger partial charge in [-0.25, -0.2) is 0 Å². The van der Waals surface area contributed by atoms with E-state index in [1.165, 1.54) is 11.8 Å². The third kappa shape index (κ3) is 4.53. The average Bonchev–Trinajstić information content (AvgIpc) is 2.53. The van der Waals surface area contributed by atoms with Crippen LogP contribution < -0.4 is 0 Å². The van der Waals surface area contributed by atoms with Crippen LogP contribution in [0.3, 0.4) is 0 Å². The number of thioether (sulfide) groups is 1. The minimum absolute atomic E-state index is 0.0684. The fourth-order valence-electron chi connectivity index (χ4n) is 2.18. The molecule has 1 fully saturated rings. The van der Waals surface area contributed by atoms with Gasteiger partial charge in [0.1, 0.15) is 36.5 Å². The molecule has 0 saturated carbocycles. The Hall–Kier alpha value is -0.490. The molecule has 1 aromatic carbocycles. The van der Waals surface area contributed by atoms with Gasteiger partial charge in [-0.15, -0.1) is 6.42 Å². The zero-order valence-electron chi connectivity index (χ0n) is 11.9. The Balaban J connectivity index is 2.15. The standard InChI is InChI=1S/C15H16Cl2O5S/c1-2-5-21-14-12(19)11(7-18)22-15(13(14)20)23-8-3-4-9(16)10(17)6-8/h1,3-4,6,11-15,18-20H,5,7H2/t11?,12-,13?,14-,15+/m0/s1. The predicted octanol–water partition coefficient (Wildman–Crippen LogP) is 1.54. The number of terminal acetylenes is 1. The van der Waals surface area contributed by atoms with Crippen molar-refractivity contribution in [2.75, 3.05) is 13.2 Å². The van der Waals surface area contributed by atoms with Gasteiger partial charge in [-0.2, -0.15) is 0 Å². The number of aliphatic hydroxyl groups excluding tert-OH is 3. The molecule has 8 heteroatoms. The summed E-state index contributed by atoms with van der Waals surface area (Å²) in [6, 6.07) is 5.00. The van der Waals surface area contributed by atoms with Crippen LogP contribution >= 0.6 is 35.0 Å². The van der Waals surface area contributed by atoms with E-state index in [1.807, 2.05) is 0 Å². The Kier molecular flexibility index (Phi) is 7.01. The molecule has 2 unspecified atom stereocenters. The maximum atomic E-state index is 10.4. The van der Waals surface area contributed by atoms with Crippen LogP contribution in [0.1, 0.15) is 0 Å². The molecule has 5 nitrogen and oxygen atoms in total. The van der Waals surface area contributed by atoms with Crippen LogP contribution in [0, 0.1) is 12.3 Å². The van der Waals surface area contributed by atoms with Gasteiger partial charge >= 0.3 is 0 Å². The number of aliphatic hydroxyl groups is 3. The lowest BCUT2D eigenvalue weighted by Gasteiger charge is -2.41. The molecule has 1 aromatic rings. The van der Waals surface area contributed by atoms with E-state index in [2.05, 4.69) is 5.92 Å². The first-order valence-electron chi connectivity index (χ1n) is 6.77. The Morgan fingerprint density at radius 2 is 2.00 bits per heavy atom. The minimum Gasteiger partial charge on any atom is -0.394 e. The lowest BCUT2D eigenvalue weighted by Crippen LogP contribution is -2.58. The van der Waals surface area contributed by atoms with Gasteiger partial charge < -0.3 is 24.8 Å². The van der Waals surface area contributed by atoms with Crippen molar-refractivity contribution in [1.29, 1.82) is 0 Å². The van der Waals surface area contributed by atoms with E-state index in [-0.39, 0.29) is 6.61 Å². The summed E-state index contributed by atoms with van der Waals surface area (Å²) >= 11 is 13.0. The third-order valence-corrected chi connectivity index (χ3v) is 5.21. The van der Waals surface area contributed by atoms with Crippen LogP contribution in [0.25, 0.3) is 0 Å². The number of halogens is 2. The second kappa shape index (κ2) is 8.56. The highest BCUT2D eigenvalue weighted by Gasteiger charge is 2.45. The molecule has 1 aliphatic rings. The first kappa shape index (κ1) is 18.8. The maximum Gasteiger partial charge on any atom is 0.136 e. The van der Waals surface area contributed by atoms with Crippen molar-refractivity contribution < 1.29 is 24.8 Å². The van der Waals surface area contributed by atoms with Gasteiger partial charge in [0.05, 0.1) is 16.7 Å². The number of ether oxygens (including phenoxy) is 2. The predicted molar refractivity (Wildman–Crippen MR) is 88.7 cm³/mol. The van der Waals surface area contributed by atoms with Crippen LogP contribution in [-0.2, 0) is 9.47 Å². The Labute approximate surface area is 148 Å². The number of hydrogen-bond donors (Lipinski definition) is 3. The summed E-state index contributed by atoms with van der Waals surface area (Å²) in [4.78, 5) is 0.715. The largest absolute Gasteiger partial charge is 0.394 e. The number of hydrogen-bond acceptors (Lipinski definition) is 6. The lowest BCUT2D eigenvalue weighted by molar-refractivity contribution is -0.217. The molecule has 3 N–H and O–H groups in total. The highest BCUT2D eigenvalue weighted by molar-refractivity contribution is 7.99. The van der Waals surface area contributed by atoms with Gasteiger partial charge in [-0.1, -0.05) is 40.9 Å². The molecule has 1 aliphatic heterocycles. The van der Waals surface area contributed by atoms with Crippen LogP contribution in [0.5, 0.6) is 0 Å². The maximum absolute atomic E-state index is 10.4. The van der Waals surface area contributed by atoms with Crippen molar-refractivity contribution in [3.8, 4) is 12.3 Å². The van der Waals surface area contributed by atoms with E-state index in [0.717, 1.165) is 0 Å². The molecule has 0 bridgehead atoms. The van der Waals surface area contributed by atoms with Gasteiger partial charge in [-0.05, 0) is 18.2 Å². The first-order chi connectivity index (χ1) is 11.0. The van der Waals surface area contributed by atoms with E-state index >= 15 is 0 Å². The molecule has 23 heavy (non-hydrogen) atoms. The first-order valence-corrected chi connectivity index (χ1v) is 8.40. The Morgan fingerprint density at radius 3 is 2.61 bits per heavy atom. The van der Waals surface area contributed by atoms with Crippen LogP contribution in [0.2, 0.25) is 10.0 Å². The van der Waals surface area contributed by atoms with Crippen molar-refractivity contribution in [2.24, 2.45) is 0 Å². The van der Waals surface area contributed by atoms with E-state index in [9.17, 15) is 15.3 Å².